The van der Waals surface area contributed by atoms with Gasteiger partial charge in [0.15, 0.2) is 18.7 Å². The molecule has 1 aromatic carbocycles. The van der Waals surface area contributed by atoms with E-state index in [0.717, 1.165) is 0 Å². The number of ether oxygens (including phenoxy) is 9. The number of fused-ring (bicyclic) bond motifs is 5. The first kappa shape index (κ1) is 53.8. The van der Waals surface area contributed by atoms with E-state index >= 15 is 0 Å². The average molecular weight is 931 g/mol. The molecule has 4 aliphatic rings. The van der Waals surface area contributed by atoms with Crippen LogP contribution in [0.4, 0.5) is 0 Å². The van der Waals surface area contributed by atoms with Gasteiger partial charge in [-0.2, -0.15) is 0 Å². The van der Waals surface area contributed by atoms with E-state index < -0.39 is 114 Å². The van der Waals surface area contributed by atoms with Gasteiger partial charge in [-0.15, -0.1) is 0 Å². The number of benzene rings is 1. The fourth-order valence-electron chi connectivity index (χ4n) is 10.7. The number of nitrogens with zero attached hydrogens (tertiary/aromatic N) is 2. The first-order chi connectivity index (χ1) is 31.0. The SMILES string of the molecule is CC[C@H]1OC(=O)[C@H](C)[C@@H](O[C@H]2C[C@@](C)(OC)[C@@H](OC(=O)c3ccccc3)[C@H](C)O2)[C@@H](C)[C@@H](O[C@@H]2O[C@H](C)C[C@H](N(C)C)[C@H]2O)[C@]2(C)C[C@@H](C)C(=NC(C)=O)[C@H](C)[C@@H](OC/C=C\CO2)[C@]1(C)O. The second-order valence-electron chi connectivity index (χ2n) is 19.9. The summed E-state index contributed by atoms with van der Waals surface area (Å²) in [7, 11) is 5.34. The van der Waals surface area contributed by atoms with Crippen LogP contribution in [0.2, 0.25) is 0 Å². The minimum atomic E-state index is -1.77. The molecule has 0 spiro atoms. The highest BCUT2D eigenvalue weighted by Crippen LogP contribution is 2.43. The first-order valence-electron chi connectivity index (χ1n) is 23.7. The summed E-state index contributed by atoms with van der Waals surface area (Å²) in [5, 5.41) is 24.5. The number of rotatable bonds is 9. The van der Waals surface area contributed by atoms with Crippen LogP contribution in [0.15, 0.2) is 47.5 Å². The van der Waals surface area contributed by atoms with Crippen LogP contribution in [0, 0.1) is 23.7 Å². The van der Waals surface area contributed by atoms with Crippen molar-refractivity contribution in [2.24, 2.45) is 28.7 Å². The minimum absolute atomic E-state index is 0.0818. The van der Waals surface area contributed by atoms with E-state index in [1.165, 1.54) is 14.0 Å². The lowest BCUT2D eigenvalue weighted by Crippen LogP contribution is -2.62. The molecule has 3 saturated heterocycles. The second-order valence-corrected chi connectivity index (χ2v) is 19.9. The third-order valence-corrected chi connectivity index (χ3v) is 14.3. The second kappa shape index (κ2) is 22.5. The molecular weight excluding hydrogens is 853 g/mol. The largest absolute Gasteiger partial charge is 0.459 e. The van der Waals surface area contributed by atoms with Crippen LogP contribution >= 0.6 is 0 Å². The molecule has 0 aliphatic carbocycles. The molecule has 16 nitrogen and oxygen atoms in total. The van der Waals surface area contributed by atoms with E-state index in [-0.39, 0.29) is 44.6 Å². The van der Waals surface area contributed by atoms with Crippen molar-refractivity contribution in [2.75, 3.05) is 34.4 Å². The lowest BCUT2D eigenvalue weighted by atomic mass is 9.73. The quantitative estimate of drug-likeness (QED) is 0.227. The molecule has 66 heavy (non-hydrogen) atoms. The van der Waals surface area contributed by atoms with Crippen molar-refractivity contribution in [3.05, 3.63) is 48.0 Å². The maximum atomic E-state index is 14.8. The molecule has 4 heterocycles. The predicted molar refractivity (Wildman–Crippen MR) is 246 cm³/mol. The smallest absolute Gasteiger partial charge is 0.338 e. The van der Waals surface area contributed by atoms with Gasteiger partial charge in [0.05, 0.1) is 60.8 Å². The predicted octanol–water partition coefficient (Wildman–Crippen LogP) is 5.69. The molecule has 2 N–H and O–H groups in total. The Morgan fingerprint density at radius 1 is 0.924 bits per heavy atom. The standard InChI is InChI=1S/C50H78N2O14/c1-15-37-50(11,57)43-30(4)39(51-34(8)53)28(2)26-49(10,60-24-20-19-23-59-43)42(66-47-40(54)36(52(12)13)25-29(3)61-47)31(5)41(32(6)45(55)63-37)64-38-27-48(9,58-14)44(33(7)62-38)65-46(56)35-21-17-16-18-22-35/h16-22,28-33,36-38,40-44,47,54,57H,15,23-27H2,1-14H3/b20-19-,51-39?/t28-,29-,30+,31-,32-,33+,36+,37-,38+,40-,41+,42-,43-,44+,47+,48-,49+,50-/m1/s1. The van der Waals surface area contributed by atoms with Crippen molar-refractivity contribution < 1.29 is 67.2 Å². The molecule has 4 aliphatic heterocycles. The third kappa shape index (κ3) is 12.2. The van der Waals surface area contributed by atoms with Gasteiger partial charge in [-0.3, -0.25) is 9.59 Å². The zero-order valence-electron chi connectivity index (χ0n) is 41.6. The fraction of sp³-hybridized carbons (Fsp3) is 0.760. The molecule has 18 atom stereocenters. The van der Waals surface area contributed by atoms with Gasteiger partial charge in [-0.1, -0.05) is 58.0 Å². The van der Waals surface area contributed by atoms with Gasteiger partial charge in [0.25, 0.3) is 0 Å². The lowest BCUT2D eigenvalue weighted by molar-refractivity contribution is -0.319. The van der Waals surface area contributed by atoms with Gasteiger partial charge in [0.1, 0.15) is 23.4 Å². The number of likely N-dealkylation sites (N-methyl/N-ethyl adjacent to an activating group) is 1. The summed E-state index contributed by atoms with van der Waals surface area (Å²) in [5.41, 5.74) is -3.27. The molecule has 0 aromatic heterocycles. The van der Waals surface area contributed by atoms with Crippen LogP contribution in [0.25, 0.3) is 0 Å². The summed E-state index contributed by atoms with van der Waals surface area (Å²) >= 11 is 0. The van der Waals surface area contributed by atoms with Crippen molar-refractivity contribution in [3.63, 3.8) is 0 Å². The molecule has 2 bridgehead atoms. The highest BCUT2D eigenvalue weighted by Gasteiger charge is 2.55. The van der Waals surface area contributed by atoms with E-state index in [2.05, 4.69) is 4.99 Å². The van der Waals surface area contributed by atoms with Gasteiger partial charge in [0, 0.05) is 44.0 Å². The summed E-state index contributed by atoms with van der Waals surface area (Å²) in [6.45, 7) is 19.8. The Kier molecular flexibility index (Phi) is 18.3. The Bertz CT molecular complexity index is 1840. The average Bonchev–Trinajstić information content (AvgIpc) is 3.26. The zero-order chi connectivity index (χ0) is 48.9. The highest BCUT2D eigenvalue weighted by molar-refractivity contribution is 5.98. The summed E-state index contributed by atoms with van der Waals surface area (Å²) in [6, 6.07) is 8.37. The number of esters is 2. The third-order valence-electron chi connectivity index (χ3n) is 14.3. The molecule has 0 unspecified atom stereocenters. The number of aliphatic imine (C=N–C) groups is 1. The van der Waals surface area contributed by atoms with Gasteiger partial charge in [0.2, 0.25) is 5.91 Å². The maximum Gasteiger partial charge on any atom is 0.338 e. The van der Waals surface area contributed by atoms with E-state index in [0.29, 0.717) is 17.7 Å². The van der Waals surface area contributed by atoms with Crippen molar-refractivity contribution in [1.29, 1.82) is 0 Å². The van der Waals surface area contributed by atoms with E-state index in [4.69, 9.17) is 42.6 Å². The number of hydrogen-bond donors (Lipinski definition) is 2. The number of aliphatic hydroxyl groups is 2. The number of carbonyl (C=O) groups is 3. The van der Waals surface area contributed by atoms with Crippen LogP contribution in [-0.4, -0.2) is 157 Å². The van der Waals surface area contributed by atoms with Crippen LogP contribution in [0.1, 0.15) is 112 Å². The van der Waals surface area contributed by atoms with Crippen LogP contribution in [0.3, 0.4) is 0 Å². The van der Waals surface area contributed by atoms with Crippen LogP contribution in [0.5, 0.6) is 0 Å². The Morgan fingerprint density at radius 3 is 2.21 bits per heavy atom. The minimum Gasteiger partial charge on any atom is -0.459 e. The molecule has 1 aromatic rings. The summed E-state index contributed by atoms with van der Waals surface area (Å²) in [4.78, 5) is 47.7. The summed E-state index contributed by atoms with van der Waals surface area (Å²) in [6.07, 6.45) is -4.41. The normalized spacial score (nSPS) is 43.1. The number of carbonyl (C=O) groups excluding carboxylic acids is 3. The monoisotopic (exact) mass is 931 g/mol. The Labute approximate surface area is 392 Å². The first-order valence-corrected chi connectivity index (χ1v) is 23.7. The summed E-state index contributed by atoms with van der Waals surface area (Å²) < 4.78 is 59.0. The molecule has 5 rings (SSSR count). The van der Waals surface area contributed by atoms with Crippen molar-refractivity contribution in [3.8, 4) is 0 Å². The lowest BCUT2D eigenvalue weighted by Gasteiger charge is -2.50. The van der Waals surface area contributed by atoms with Gasteiger partial charge >= 0.3 is 11.9 Å². The maximum absolute atomic E-state index is 14.8. The molecular formula is C50H78N2O14. The number of hydrogen-bond acceptors (Lipinski definition) is 15. The van der Waals surface area contributed by atoms with Gasteiger partial charge in [-0.05, 0) is 93.0 Å². The molecule has 0 saturated carbocycles. The van der Waals surface area contributed by atoms with Crippen molar-refractivity contribution in [2.45, 2.75) is 186 Å². The summed E-state index contributed by atoms with van der Waals surface area (Å²) in [5.74, 6) is -4.50. The van der Waals surface area contributed by atoms with Crippen molar-refractivity contribution in [1.82, 2.24) is 4.90 Å². The Morgan fingerprint density at radius 2 is 1.59 bits per heavy atom. The molecule has 3 fully saturated rings. The number of cyclic esters (lactones) is 1. The highest BCUT2D eigenvalue weighted by atomic mass is 16.7. The van der Waals surface area contributed by atoms with E-state index in [9.17, 15) is 24.6 Å². The molecule has 0 radical (unpaired) electrons. The number of amides is 1. The van der Waals surface area contributed by atoms with E-state index in [1.54, 1.807) is 51.1 Å². The molecule has 16 heteroatoms. The fourth-order valence-corrected chi connectivity index (χ4v) is 10.7. The zero-order valence-corrected chi connectivity index (χ0v) is 41.6. The van der Waals surface area contributed by atoms with Crippen LogP contribution in [-0.2, 0) is 52.2 Å². The van der Waals surface area contributed by atoms with Gasteiger partial charge in [-0.25, -0.2) is 9.79 Å². The molecule has 372 valence electrons. The number of methoxy groups -OCH3 is 1. The van der Waals surface area contributed by atoms with Crippen molar-refractivity contribution >= 4 is 23.6 Å². The Balaban J connectivity index is 1.67. The van der Waals surface area contributed by atoms with E-state index in [1.807, 2.05) is 79.6 Å². The van der Waals surface area contributed by atoms with Gasteiger partial charge < -0.3 is 57.7 Å². The van der Waals surface area contributed by atoms with Crippen LogP contribution < -0.4 is 0 Å². The topological polar surface area (TPSA) is 190 Å². The number of aliphatic hydroxyl groups excluding tert-OH is 1. The molecule has 1 amide bonds. The Hall–Kier alpha value is -3.16.